The van der Waals surface area contributed by atoms with Gasteiger partial charge < -0.3 is 83.8 Å². The molecule has 0 aliphatic carbocycles. The molecule has 13 aliphatic rings. The van der Waals surface area contributed by atoms with Gasteiger partial charge in [0.05, 0.1) is 116 Å². The molecule has 13 rings (SSSR count). The number of hydrogen-bond acceptors (Lipinski definition) is 20. The second-order valence-corrected chi connectivity index (χ2v) is 86.4. The molecule has 0 aromatic carbocycles. The van der Waals surface area contributed by atoms with E-state index in [1.165, 1.54) is 0 Å². The predicted molar refractivity (Wildman–Crippen MR) is 630 cm³/mol. The first-order valence-electron chi connectivity index (χ1n) is 58.2. The lowest BCUT2D eigenvalue weighted by Gasteiger charge is -2.56. The molecule has 10 saturated heterocycles. The first-order chi connectivity index (χ1) is 67.7. The molecule has 7 unspecified atom stereocenters. The fraction of sp³-hybridized carbons (Fsp3) is 0.876. The van der Waals surface area contributed by atoms with Crippen molar-refractivity contribution in [3.05, 3.63) is 70.9 Å². The minimum atomic E-state index is -2.52. The van der Waals surface area contributed by atoms with E-state index in [9.17, 15) is 19.5 Å². The second-order valence-electron chi connectivity index (χ2n) is 57.2. The third-order valence-corrected chi connectivity index (χ3v) is 66.8. The lowest BCUT2D eigenvalue weighted by Crippen LogP contribution is -2.69. The Labute approximate surface area is 923 Å². The van der Waals surface area contributed by atoms with Gasteiger partial charge in [0.25, 0.3) is 0 Å². The molecule has 13 heterocycles. The third-order valence-electron chi connectivity index (χ3n) is 39.5. The highest BCUT2D eigenvalue weighted by Crippen LogP contribution is 2.55. The van der Waals surface area contributed by atoms with Crippen molar-refractivity contribution < 1.29 is 93.4 Å². The van der Waals surface area contributed by atoms with Crippen molar-refractivity contribution in [2.24, 2.45) is 47.3 Å². The van der Waals surface area contributed by atoms with Crippen LogP contribution in [-0.2, 0) is 88.3 Å². The van der Waals surface area contributed by atoms with E-state index >= 15 is 0 Å². The van der Waals surface area contributed by atoms with E-state index in [2.05, 4.69) is 324 Å². The van der Waals surface area contributed by atoms with E-state index in [1.807, 2.05) is 6.08 Å². The van der Waals surface area contributed by atoms with Gasteiger partial charge in [0.2, 0.25) is 0 Å². The fourth-order valence-electron chi connectivity index (χ4n) is 22.8. The zero-order chi connectivity index (χ0) is 110. The van der Waals surface area contributed by atoms with Gasteiger partial charge in [-0.05, 0) is 298 Å². The molecule has 8 bridgehead atoms. The summed E-state index contributed by atoms with van der Waals surface area (Å²) in [5.74, 6) is 2.68. The second kappa shape index (κ2) is 52.7. The zero-order valence-electron chi connectivity index (χ0n) is 99.9. The molecule has 35 atom stereocenters. The number of aldehydes is 1. The summed E-state index contributed by atoms with van der Waals surface area (Å²) < 4.78 is 118. The van der Waals surface area contributed by atoms with Crippen molar-refractivity contribution in [2.75, 3.05) is 0 Å². The first-order valence-corrected chi connectivity index (χ1v) is 76.9. The van der Waals surface area contributed by atoms with Crippen molar-refractivity contribution >= 4 is 90.3 Å². The van der Waals surface area contributed by atoms with Gasteiger partial charge in [-0.1, -0.05) is 261 Å². The van der Waals surface area contributed by atoms with Gasteiger partial charge >= 0.3 is 0 Å². The minimum Gasteiger partial charge on any atom is -0.408 e. The number of hydrogen-bond donors (Lipinski definition) is 1. The summed E-state index contributed by atoms with van der Waals surface area (Å²) in [6, 6.07) is 0. The quantitative estimate of drug-likeness (QED) is 0.0286. The number of fused-ring (bicyclic) bond motifs is 3. The van der Waals surface area contributed by atoms with Crippen molar-refractivity contribution in [2.45, 2.75) is 628 Å². The number of ether oxygens (including phenoxy) is 10. The summed E-state index contributed by atoms with van der Waals surface area (Å²) in [5.41, 5.74) is 4.51. The van der Waals surface area contributed by atoms with Gasteiger partial charge in [0, 0.05) is 44.9 Å². The molecule has 27 heteroatoms. The maximum Gasteiger partial charge on any atom is 0.193 e. The van der Waals surface area contributed by atoms with E-state index in [1.54, 1.807) is 0 Å². The molecule has 13 aliphatic heterocycles. The summed E-state index contributed by atoms with van der Waals surface area (Å²) in [4.78, 5) is 40.6. The van der Waals surface area contributed by atoms with Crippen LogP contribution in [0.3, 0.4) is 0 Å². The van der Waals surface area contributed by atoms with Gasteiger partial charge in [0.15, 0.2) is 49.9 Å². The van der Waals surface area contributed by atoms with Gasteiger partial charge in [-0.15, -0.1) is 0 Å². The van der Waals surface area contributed by atoms with Gasteiger partial charge in [-0.25, -0.2) is 0 Å². The van der Waals surface area contributed by atoms with Crippen LogP contribution >= 0.6 is 22.6 Å². The Balaban J connectivity index is 0.000000327. The van der Waals surface area contributed by atoms with E-state index in [-0.39, 0.29) is 177 Å². The minimum absolute atomic E-state index is 0. The van der Waals surface area contributed by atoms with Crippen LogP contribution in [0.15, 0.2) is 70.9 Å². The Morgan fingerprint density at radius 3 is 1.51 bits per heavy atom. The molecule has 148 heavy (non-hydrogen) atoms. The predicted octanol–water partition coefficient (Wildman–Crippen LogP) is 30.3. The molecule has 854 valence electrons. The average molecular weight is 2290 g/mol. The molecule has 1 N–H and O–H groups in total. The Kier molecular flexibility index (Phi) is 46.4. The Morgan fingerprint density at radius 2 is 0.953 bits per heavy atom. The number of ketones is 2. The molecular formula is C121H219IO20Si6. The molecule has 0 saturated carbocycles. The summed E-state index contributed by atoms with van der Waals surface area (Å²) in [6.45, 7) is 105. The number of aliphatic hydroxyl groups excluding tert-OH is 1. The summed E-state index contributed by atoms with van der Waals surface area (Å²) in [5, 5.41) is 11.4. The third kappa shape index (κ3) is 33.3. The van der Waals surface area contributed by atoms with Crippen LogP contribution in [0.5, 0.6) is 0 Å². The molecule has 0 aromatic heterocycles. The van der Waals surface area contributed by atoms with Crippen molar-refractivity contribution in [3.8, 4) is 0 Å². The number of rotatable bonds is 32. The molecule has 0 spiro atoms. The highest BCUT2D eigenvalue weighted by atomic mass is 127. The van der Waals surface area contributed by atoms with Gasteiger partial charge in [-0.2, -0.15) is 0 Å². The highest BCUT2D eigenvalue weighted by molar-refractivity contribution is 14.1. The molecular weight excluding hydrogens is 2070 g/mol. The summed E-state index contributed by atoms with van der Waals surface area (Å²) in [7, 11) is -14.6. The van der Waals surface area contributed by atoms with Crippen LogP contribution in [0.4, 0.5) is 0 Å². The van der Waals surface area contributed by atoms with E-state index in [0.717, 1.165) is 138 Å². The van der Waals surface area contributed by atoms with Gasteiger partial charge in [0.1, 0.15) is 66.7 Å². The molecule has 0 amide bonds. The Bertz CT molecular complexity index is 4340. The average Bonchev–Trinajstić information content (AvgIpc) is 0.756. The fourth-order valence-corrected chi connectivity index (χ4v) is 30.9. The normalized spacial score (nSPS) is 36.7. The number of aliphatic hydroxyl groups is 1. The van der Waals surface area contributed by atoms with Crippen LogP contribution in [0.2, 0.25) is 109 Å². The van der Waals surface area contributed by atoms with Crippen molar-refractivity contribution in [1.29, 1.82) is 0 Å². The van der Waals surface area contributed by atoms with E-state index in [0.29, 0.717) is 81.5 Å². The van der Waals surface area contributed by atoms with Crippen molar-refractivity contribution in [3.63, 3.8) is 0 Å². The largest absolute Gasteiger partial charge is 0.408 e. The lowest BCUT2D eigenvalue weighted by atomic mass is 9.78. The number of carbonyl (C=O) groups is 3. The number of carbonyl (C=O) groups excluding carboxylic acids is 3. The molecule has 0 aromatic rings. The monoisotopic (exact) mass is 2290 g/mol. The van der Waals surface area contributed by atoms with E-state index in [4.69, 9.17) is 73.9 Å². The highest BCUT2D eigenvalue weighted by Gasteiger charge is 2.62. The van der Waals surface area contributed by atoms with Crippen LogP contribution in [-0.4, -0.2) is 238 Å². The van der Waals surface area contributed by atoms with E-state index < -0.39 is 111 Å². The molecule has 0 radical (unpaired) electrons. The smallest absolute Gasteiger partial charge is 0.193 e. The molecule has 20 nitrogen and oxygen atoms in total. The summed E-state index contributed by atoms with van der Waals surface area (Å²) in [6.07, 6.45) is 20.0. The van der Waals surface area contributed by atoms with Crippen molar-refractivity contribution in [1.82, 2.24) is 0 Å². The van der Waals surface area contributed by atoms with Crippen LogP contribution in [0.25, 0.3) is 0 Å². The van der Waals surface area contributed by atoms with Gasteiger partial charge in [-0.3, -0.25) is 9.59 Å². The topological polar surface area (TPSA) is 219 Å². The maximum atomic E-state index is 14.8. The SMILES string of the molecule is C.C=C1C[C@@H]2CCC(O)/C=C/[C@H](O[Si](C)(C)C(C)(C)C)[C@@H]3O[C@H]4CCC(CC(=O)C[C@@H]5[C@@H](C)[C@@H](C[C@H](C)CC)O[C@H]5CC5O[C@@H](CCC1O2)C[C@@H](C)C5=C)O[C@@H]4[C@H](O[Si](C)(C)C(C)(C)C)[C@@H]3O[Si](C)(C)C(C)(C)C.C=C1C[C@H](CCC=O)OC1CC[C@H]1C[C@@H](C)C(=C)C(C[C@@H]2O[C@H](C[C@H](C)CC)[C@H](C)[C@H]2CC(=O)CC2CC[C@@H]3O[C@@H]([C@H](/C=C/I)O[Si](C)(C)C(C)(C)C)[C@@H](O[Si](C)(C)C(C)(C)C)[C@@H](O[Si](C)(C)C(C)(C)C)[C@H]3O2)O1. The maximum absolute atomic E-state index is 14.8. The number of halogens is 1. The zero-order valence-corrected chi connectivity index (χ0v) is 108. The Hall–Kier alpha value is -1.20. The molecule has 10 fully saturated rings. The number of Topliss-reactive ketones (excluding diaryl/α,β-unsaturated/α-hetero) is 2. The van der Waals surface area contributed by atoms with Crippen LogP contribution in [0.1, 0.15) is 354 Å². The van der Waals surface area contributed by atoms with Crippen LogP contribution < -0.4 is 0 Å². The standard InChI is InChI=1S/C60H107IO10Si3.C60H108O10Si3.CH4/c1-22-38(2)32-51-42(6)47(53(67-51)37-52-41(5)39(3)33-45(65-52)25-27-48-40(4)34-44(64-48)24-23-31-62)36-43(63)35-46-26-28-49-54(66-46)56(70-73(18,19)59(10,11)12)57(71-74(20,21)60(13,14)15)55(68-49)50(29-30-61)69-72(16,17)58(7,8)9;1-22-37(2)31-51-41(6)47-35-43(62)34-46-27-30-49-54(65-46)56(69-72(18,19)59(10,11)12)57(70-73(20,21)60(13,14)15)55(67-49)50(68-71(16,17)58(7,8)9)28-24-42(61)23-25-44-33-39(4)48(63-44)29-26-45-32-38(3)40(5)52(64-45)36-53(47)66-51;/h29-31,38-39,42,44-57H,4-5,22-28,32-37H2,1-3,6-21H3;24,28,37-38,41-42,44-57,61H,4-5,22-23,25-27,29-36H2,1-3,6-21H3;1H4/b30-29+;28-24+;/t38-,39-,42-,44+,45+,46?,47-,48?,49+,50+,51-,52?,53+,54+,55+,56+,57-;37-,38-,41-,42?,44+,45+,46?,47-,48?,49+,50+,51-,52?,53+,54+,55+,56+,57-;/m11./s1. The Morgan fingerprint density at radius 1 is 0.459 bits per heavy atom. The lowest BCUT2D eigenvalue weighted by molar-refractivity contribution is -0.266. The first kappa shape index (κ1) is 130. The van der Waals surface area contributed by atoms with Crippen LogP contribution in [0, 0.1) is 47.3 Å². The summed E-state index contributed by atoms with van der Waals surface area (Å²) >= 11 is 2.32.